The van der Waals surface area contributed by atoms with E-state index in [1.165, 1.54) is 18.1 Å². The predicted molar refractivity (Wildman–Crippen MR) is 158 cm³/mol. The van der Waals surface area contributed by atoms with E-state index in [4.69, 9.17) is 24.9 Å². The molecule has 1 atom stereocenters. The molecule has 2 aromatic heterocycles. The highest BCUT2D eigenvalue weighted by Gasteiger charge is 2.31. The number of nitrogen functional groups attached to an aromatic ring is 1. The average Bonchev–Trinajstić information content (AvgIpc) is 3.29. The largest absolute Gasteiger partial charge is 0.486 e. The van der Waals surface area contributed by atoms with Crippen LogP contribution in [0.2, 0.25) is 0 Å². The zero-order valence-corrected chi connectivity index (χ0v) is 26.1. The van der Waals surface area contributed by atoms with Crippen LogP contribution in [-0.4, -0.2) is 68.7 Å². The van der Waals surface area contributed by atoms with Gasteiger partial charge in [-0.05, 0) is 80.9 Å². The highest BCUT2D eigenvalue weighted by molar-refractivity contribution is 9.10. The van der Waals surface area contributed by atoms with Crippen LogP contribution >= 0.6 is 27.7 Å². The second-order valence-corrected chi connectivity index (χ2v) is 13.2. The Balaban J connectivity index is 1.26. The van der Waals surface area contributed by atoms with Gasteiger partial charge in [0.15, 0.2) is 39.7 Å². The van der Waals surface area contributed by atoms with Gasteiger partial charge < -0.3 is 29.4 Å². The third-order valence-corrected chi connectivity index (χ3v) is 9.22. The molecule has 1 amide bonds. The number of carbonyl (C=O) groups is 2. The second kappa shape index (κ2) is 12.0. The van der Waals surface area contributed by atoms with Crippen LogP contribution in [0.1, 0.15) is 47.0 Å². The number of nitrogens with two attached hydrogens (primary N) is 1. The summed E-state index contributed by atoms with van der Waals surface area (Å²) in [6.07, 6.45) is 3.29. The van der Waals surface area contributed by atoms with Gasteiger partial charge in [-0.2, -0.15) is 0 Å². The fourth-order valence-electron chi connectivity index (χ4n) is 4.83. The van der Waals surface area contributed by atoms with Crippen molar-refractivity contribution in [1.29, 1.82) is 0 Å². The van der Waals surface area contributed by atoms with E-state index < -0.39 is 11.5 Å². The van der Waals surface area contributed by atoms with Crippen molar-refractivity contribution in [3.05, 3.63) is 22.9 Å². The van der Waals surface area contributed by atoms with Crippen molar-refractivity contribution in [1.82, 2.24) is 24.4 Å². The summed E-state index contributed by atoms with van der Waals surface area (Å²) in [5.41, 5.74) is 6.78. The van der Waals surface area contributed by atoms with Crippen LogP contribution in [0.5, 0.6) is 11.5 Å². The molecular weight excluding hydrogens is 612 g/mol. The van der Waals surface area contributed by atoms with Crippen LogP contribution in [0.25, 0.3) is 11.2 Å². The lowest BCUT2D eigenvalue weighted by Gasteiger charge is -2.34. The number of nitrogens with zero attached hydrogens (tertiary/aromatic N) is 5. The summed E-state index contributed by atoms with van der Waals surface area (Å²) in [5.74, 6) is 1.65. The van der Waals surface area contributed by atoms with Gasteiger partial charge in [0.05, 0.1) is 5.41 Å². The Morgan fingerprint density at radius 3 is 2.54 bits per heavy atom. The first-order chi connectivity index (χ1) is 19.5. The van der Waals surface area contributed by atoms with E-state index in [2.05, 4.69) is 30.5 Å². The highest BCUT2D eigenvalue weighted by Crippen LogP contribution is 2.42. The second-order valence-electron chi connectivity index (χ2n) is 11.4. The molecule has 2 aliphatic heterocycles. The quantitative estimate of drug-likeness (QED) is 0.360. The third kappa shape index (κ3) is 6.56. The molecule has 0 bridgehead atoms. The van der Waals surface area contributed by atoms with Crippen LogP contribution in [0.15, 0.2) is 33.0 Å². The van der Waals surface area contributed by atoms with Gasteiger partial charge in [-0.1, -0.05) is 11.8 Å². The van der Waals surface area contributed by atoms with E-state index >= 15 is 0 Å². The first-order valence-electron chi connectivity index (χ1n) is 13.7. The van der Waals surface area contributed by atoms with Gasteiger partial charge >= 0.3 is 5.97 Å². The summed E-state index contributed by atoms with van der Waals surface area (Å²) in [6.45, 7) is 9.97. The molecule has 220 valence electrons. The van der Waals surface area contributed by atoms with E-state index in [9.17, 15) is 9.59 Å². The normalized spacial score (nSPS) is 16.6. The number of piperidine rings is 1. The smallest absolute Gasteiger partial charge is 0.311 e. The minimum absolute atomic E-state index is 0.141. The number of aryl methyl sites for hydroxylation is 1. The zero-order valence-electron chi connectivity index (χ0n) is 23.7. The number of anilines is 1. The van der Waals surface area contributed by atoms with Crippen LogP contribution in [-0.2, 0) is 20.9 Å². The molecular formula is C28H35BrN6O5S. The number of carbonyl (C=O) groups excluding carboxylic acids is 2. The molecule has 0 radical (unpaired) electrons. The lowest BCUT2D eigenvalue weighted by Crippen LogP contribution is -2.45. The number of ether oxygens (including phenoxy) is 3. The molecule has 2 aliphatic rings. The Labute approximate surface area is 251 Å². The maximum atomic E-state index is 12.9. The summed E-state index contributed by atoms with van der Waals surface area (Å²) >= 11 is 5.16. The predicted octanol–water partition coefficient (Wildman–Crippen LogP) is 4.70. The zero-order chi connectivity index (χ0) is 29.3. The molecule has 2 N–H and O–H groups in total. The van der Waals surface area contributed by atoms with Gasteiger partial charge in [0.25, 0.3) is 5.91 Å². The van der Waals surface area contributed by atoms with Gasteiger partial charge in [0, 0.05) is 29.0 Å². The van der Waals surface area contributed by atoms with Crippen molar-refractivity contribution in [3.8, 4) is 11.5 Å². The average molecular weight is 648 g/mol. The topological polar surface area (TPSA) is 135 Å². The Morgan fingerprint density at radius 2 is 1.85 bits per heavy atom. The number of likely N-dealkylation sites (tertiary alicyclic amines) is 1. The van der Waals surface area contributed by atoms with Crippen molar-refractivity contribution in [2.75, 3.05) is 32.0 Å². The molecule has 4 heterocycles. The number of hydrogen-bond acceptors (Lipinski definition) is 10. The highest BCUT2D eigenvalue weighted by atomic mass is 79.9. The molecule has 0 spiro atoms. The lowest BCUT2D eigenvalue weighted by molar-refractivity contribution is -0.166. The van der Waals surface area contributed by atoms with Gasteiger partial charge in [-0.15, -0.1) is 0 Å². The summed E-state index contributed by atoms with van der Waals surface area (Å²) < 4.78 is 19.9. The maximum Gasteiger partial charge on any atom is 0.311 e. The van der Waals surface area contributed by atoms with Crippen molar-refractivity contribution in [3.63, 3.8) is 0 Å². The molecule has 1 aromatic carbocycles. The van der Waals surface area contributed by atoms with Gasteiger partial charge in [0.2, 0.25) is 0 Å². The van der Waals surface area contributed by atoms with E-state index in [1.54, 1.807) is 32.6 Å². The summed E-state index contributed by atoms with van der Waals surface area (Å²) in [5, 5.41) is 0.756. The van der Waals surface area contributed by atoms with Crippen molar-refractivity contribution in [2.45, 2.75) is 69.7 Å². The Kier molecular flexibility index (Phi) is 8.65. The monoisotopic (exact) mass is 646 g/mol. The Morgan fingerprint density at radius 1 is 1.17 bits per heavy atom. The maximum absolute atomic E-state index is 12.9. The molecule has 41 heavy (non-hydrogen) atoms. The van der Waals surface area contributed by atoms with Gasteiger partial charge in [0.1, 0.15) is 19.5 Å². The number of halogens is 1. The van der Waals surface area contributed by atoms with Gasteiger partial charge in [-0.3, -0.25) is 9.59 Å². The SMILES string of the molecule is CC(OC(=O)C(C)(C)C)C(=O)N1CCC(CCn2c(Sc3cc4c(cc3Br)OCCO4)nc3c(N)ncnc32)CC1. The first-order valence-corrected chi connectivity index (χ1v) is 15.4. The third-order valence-electron chi connectivity index (χ3n) is 7.25. The number of hydrogen-bond donors (Lipinski definition) is 1. The minimum atomic E-state index is -0.791. The molecule has 1 unspecified atom stereocenters. The Bertz CT molecular complexity index is 1450. The minimum Gasteiger partial charge on any atom is -0.486 e. The fourth-order valence-corrected chi connectivity index (χ4v) is 6.34. The Hall–Kier alpha value is -3.06. The fraction of sp³-hybridized carbons (Fsp3) is 0.536. The van der Waals surface area contributed by atoms with Crippen molar-refractivity contribution >= 4 is 56.6 Å². The van der Waals surface area contributed by atoms with E-state index in [-0.39, 0.29) is 11.9 Å². The van der Waals surface area contributed by atoms with E-state index in [1.807, 2.05) is 12.1 Å². The van der Waals surface area contributed by atoms with Crippen LogP contribution < -0.4 is 15.2 Å². The van der Waals surface area contributed by atoms with E-state index in [0.717, 1.165) is 33.8 Å². The standard InChI is InChI=1S/C28H35BrN6O5S/c1-16(40-26(37)28(2,3)4)25(36)34-8-5-17(6-9-34)7-10-35-24-22(23(30)31-15-32-24)33-27(35)41-21-14-20-19(13-18(21)29)38-11-12-39-20/h13-17H,5-12H2,1-4H3,(H2,30,31,32). The molecule has 0 aliphatic carbocycles. The number of fused-ring (bicyclic) bond motifs is 2. The van der Waals surface area contributed by atoms with Crippen molar-refractivity contribution < 1.29 is 23.8 Å². The molecule has 5 rings (SSSR count). The van der Waals surface area contributed by atoms with Crippen LogP contribution in [0.3, 0.4) is 0 Å². The summed E-state index contributed by atoms with van der Waals surface area (Å²) in [6, 6.07) is 3.87. The lowest BCUT2D eigenvalue weighted by atomic mass is 9.93. The number of rotatable bonds is 7. The summed E-state index contributed by atoms with van der Waals surface area (Å²) in [7, 11) is 0. The molecule has 0 saturated carbocycles. The molecule has 13 heteroatoms. The molecule has 1 saturated heterocycles. The number of imidazole rings is 1. The molecule has 3 aromatic rings. The number of aromatic nitrogens is 4. The number of esters is 1. The molecule has 1 fully saturated rings. The van der Waals surface area contributed by atoms with Crippen LogP contribution in [0, 0.1) is 11.3 Å². The van der Waals surface area contributed by atoms with E-state index in [0.29, 0.717) is 67.2 Å². The van der Waals surface area contributed by atoms with Crippen LogP contribution in [0.4, 0.5) is 5.82 Å². The van der Waals surface area contributed by atoms with Crippen molar-refractivity contribution in [2.24, 2.45) is 11.3 Å². The summed E-state index contributed by atoms with van der Waals surface area (Å²) in [4.78, 5) is 41.3. The number of benzene rings is 1. The molecule has 11 nitrogen and oxygen atoms in total. The first kappa shape index (κ1) is 29.4. The number of amides is 1. The van der Waals surface area contributed by atoms with Gasteiger partial charge in [-0.25, -0.2) is 15.0 Å².